The second-order valence-corrected chi connectivity index (χ2v) is 2.72. The molecule has 16 heavy (non-hydrogen) atoms. The minimum absolute atomic E-state index is 0. The van der Waals surface area contributed by atoms with E-state index >= 15 is 0 Å². The molecule has 0 spiro atoms. The smallest absolute Gasteiger partial charge is 0.693 e. The number of hydrogen-bond donors (Lipinski definition) is 0. The van der Waals surface area contributed by atoms with Crippen LogP contribution in [0.15, 0.2) is 30.5 Å². The molecule has 1 aliphatic rings. The van der Waals surface area contributed by atoms with Crippen LogP contribution in [0.4, 0.5) is 13.2 Å². The molecule has 0 atom stereocenters. The zero-order valence-corrected chi connectivity index (χ0v) is 10.8. The van der Waals surface area contributed by atoms with Gasteiger partial charge in [0.15, 0.2) is 0 Å². The van der Waals surface area contributed by atoms with Crippen molar-refractivity contribution in [1.29, 1.82) is 0 Å². The SMILES string of the molecule is FC(F)(F)Oc1ccc(C2=C[N-]2)cc1.[NH2-].[W+2]. The van der Waals surface area contributed by atoms with E-state index in [0.29, 0.717) is 0 Å². The largest absolute Gasteiger partial charge is 2.00 e. The molecular formula is C9H7F3N2OW. The second kappa shape index (κ2) is 5.36. The van der Waals surface area contributed by atoms with Gasteiger partial charge in [0.25, 0.3) is 0 Å². The molecule has 3 nitrogen and oxygen atoms in total. The number of ether oxygens (including phenoxy) is 1. The molecule has 0 saturated carbocycles. The van der Waals surface area contributed by atoms with Gasteiger partial charge in [0, 0.05) is 0 Å². The summed E-state index contributed by atoms with van der Waals surface area (Å²) in [4.78, 5) is 0. The van der Waals surface area contributed by atoms with Crippen LogP contribution < -0.4 is 4.74 Å². The molecule has 0 fully saturated rings. The minimum atomic E-state index is -4.63. The van der Waals surface area contributed by atoms with E-state index in [-0.39, 0.29) is 33.0 Å². The van der Waals surface area contributed by atoms with Crippen LogP contribution in [-0.2, 0) is 21.1 Å². The average Bonchev–Trinajstić information content (AvgIpc) is 2.85. The van der Waals surface area contributed by atoms with Crippen LogP contribution >= 0.6 is 0 Å². The fourth-order valence-electron chi connectivity index (χ4n) is 1.01. The molecule has 0 amide bonds. The van der Waals surface area contributed by atoms with Crippen molar-refractivity contribution >= 4 is 5.70 Å². The van der Waals surface area contributed by atoms with Crippen LogP contribution in [0.1, 0.15) is 5.56 Å². The third kappa shape index (κ3) is 4.24. The zero-order chi connectivity index (χ0) is 10.2. The van der Waals surface area contributed by atoms with Gasteiger partial charge in [0.05, 0.1) is 0 Å². The number of hydrogen-bond acceptors (Lipinski definition) is 1. The first-order valence-electron chi connectivity index (χ1n) is 3.82. The molecule has 0 aliphatic carbocycles. The molecule has 0 bridgehead atoms. The van der Waals surface area contributed by atoms with E-state index in [0.717, 1.165) is 11.3 Å². The van der Waals surface area contributed by atoms with Crippen molar-refractivity contribution < 1.29 is 39.0 Å². The fraction of sp³-hybridized carbons (Fsp3) is 0.111. The summed E-state index contributed by atoms with van der Waals surface area (Å²) in [5.41, 5.74) is 1.59. The molecular weight excluding hydrogens is 393 g/mol. The van der Waals surface area contributed by atoms with Crippen LogP contribution in [0.2, 0.25) is 0 Å². The van der Waals surface area contributed by atoms with E-state index in [2.05, 4.69) is 10.1 Å². The quantitative estimate of drug-likeness (QED) is 0.741. The Morgan fingerprint density at radius 2 is 1.56 bits per heavy atom. The van der Waals surface area contributed by atoms with E-state index in [1.165, 1.54) is 24.3 Å². The molecule has 0 saturated heterocycles. The Labute approximate surface area is 105 Å². The van der Waals surface area contributed by atoms with Gasteiger partial charge in [-0.1, -0.05) is 12.1 Å². The topological polar surface area (TPSA) is 56.8 Å². The van der Waals surface area contributed by atoms with Crippen LogP contribution in [0.5, 0.6) is 5.75 Å². The Morgan fingerprint density at radius 3 is 1.94 bits per heavy atom. The molecule has 0 radical (unpaired) electrons. The Balaban J connectivity index is 0.00000112. The van der Waals surface area contributed by atoms with Crippen LogP contribution in [0.3, 0.4) is 0 Å². The first-order chi connectivity index (χ1) is 6.54. The second-order valence-electron chi connectivity index (χ2n) is 2.72. The molecule has 7 heteroatoms. The van der Waals surface area contributed by atoms with Crippen molar-refractivity contribution in [2.75, 3.05) is 0 Å². The summed E-state index contributed by atoms with van der Waals surface area (Å²) in [7, 11) is 0. The molecule has 1 aliphatic heterocycles. The molecule has 1 aromatic carbocycles. The standard InChI is InChI=1S/C9H5F3NO.H2N.W/c10-9(11,12)14-7-3-1-6(2-4-7)8-5-13-8;;/h1-5H;1H2;/q2*-1;+2. The van der Waals surface area contributed by atoms with Gasteiger partial charge in [0.1, 0.15) is 5.75 Å². The van der Waals surface area contributed by atoms with Gasteiger partial charge in [0.2, 0.25) is 0 Å². The predicted octanol–water partition coefficient (Wildman–Crippen LogP) is 3.99. The van der Waals surface area contributed by atoms with E-state index in [1.54, 1.807) is 6.20 Å². The zero-order valence-electron chi connectivity index (χ0n) is 7.86. The normalized spacial score (nSPS) is 12.6. The van der Waals surface area contributed by atoms with Crippen molar-refractivity contribution in [3.05, 3.63) is 47.5 Å². The van der Waals surface area contributed by atoms with E-state index in [9.17, 15) is 13.2 Å². The Hall–Kier alpha value is -1.00. The van der Waals surface area contributed by atoms with Gasteiger partial charge < -0.3 is 16.2 Å². The number of alkyl halides is 3. The van der Waals surface area contributed by atoms with Crippen molar-refractivity contribution in [1.82, 2.24) is 0 Å². The number of benzene rings is 1. The summed E-state index contributed by atoms with van der Waals surface area (Å²) >= 11 is 0. The summed E-state index contributed by atoms with van der Waals surface area (Å²) in [6.45, 7) is 0. The number of nitrogens with zero attached hydrogens (tertiary/aromatic N) is 1. The van der Waals surface area contributed by atoms with Crippen molar-refractivity contribution in [3.8, 4) is 5.75 Å². The van der Waals surface area contributed by atoms with Crippen LogP contribution in [-0.4, -0.2) is 6.36 Å². The van der Waals surface area contributed by atoms with Crippen molar-refractivity contribution in [3.63, 3.8) is 0 Å². The molecule has 1 heterocycles. The maximum absolute atomic E-state index is 11.8. The summed E-state index contributed by atoms with van der Waals surface area (Å²) in [6.07, 6.45) is -3.00. The van der Waals surface area contributed by atoms with Crippen LogP contribution in [0, 0.1) is 0 Å². The molecule has 0 unspecified atom stereocenters. The number of halogens is 3. The minimum Gasteiger partial charge on any atom is -0.693 e. The Bertz CT molecular complexity index is 375. The van der Waals surface area contributed by atoms with Gasteiger partial charge in [-0.15, -0.1) is 13.2 Å². The first-order valence-corrected chi connectivity index (χ1v) is 3.82. The third-order valence-corrected chi connectivity index (χ3v) is 1.64. The Kier molecular flexibility index (Phi) is 5.03. The van der Waals surface area contributed by atoms with E-state index in [1.807, 2.05) is 0 Å². The van der Waals surface area contributed by atoms with Crippen molar-refractivity contribution in [2.24, 2.45) is 0 Å². The third-order valence-electron chi connectivity index (χ3n) is 1.64. The summed E-state index contributed by atoms with van der Waals surface area (Å²) in [5.74, 6) is -0.220. The maximum atomic E-state index is 11.8. The van der Waals surface area contributed by atoms with E-state index < -0.39 is 6.36 Å². The van der Waals surface area contributed by atoms with Gasteiger partial charge >= 0.3 is 27.4 Å². The molecule has 2 N–H and O–H groups in total. The molecule has 0 aromatic heterocycles. The summed E-state index contributed by atoms with van der Waals surface area (Å²) < 4.78 is 39.0. The average molecular weight is 400 g/mol. The van der Waals surface area contributed by atoms with Gasteiger partial charge in [-0.3, -0.25) is 0 Å². The number of nitrogens with two attached hydrogens (primary N) is 1. The monoisotopic (exact) mass is 400 g/mol. The summed E-state index contributed by atoms with van der Waals surface area (Å²) in [5, 5.41) is 3.81. The number of rotatable bonds is 2. The van der Waals surface area contributed by atoms with Gasteiger partial charge in [-0.25, -0.2) is 0 Å². The molecule has 1 aromatic rings. The molecule has 86 valence electrons. The first kappa shape index (κ1) is 15.0. The Morgan fingerprint density at radius 1 is 1.06 bits per heavy atom. The van der Waals surface area contributed by atoms with Crippen molar-refractivity contribution in [2.45, 2.75) is 6.36 Å². The van der Waals surface area contributed by atoms with Gasteiger partial charge in [-0.05, 0) is 17.7 Å². The van der Waals surface area contributed by atoms with E-state index in [4.69, 9.17) is 0 Å². The van der Waals surface area contributed by atoms with Gasteiger partial charge in [-0.2, -0.15) is 11.9 Å². The van der Waals surface area contributed by atoms with Crippen LogP contribution in [0.25, 0.3) is 17.2 Å². The molecule has 2 rings (SSSR count). The predicted molar refractivity (Wildman–Crippen MR) is 49.7 cm³/mol. The maximum Gasteiger partial charge on any atom is 2.00 e. The summed E-state index contributed by atoms with van der Waals surface area (Å²) in [6, 6.07) is 5.59. The fourth-order valence-corrected chi connectivity index (χ4v) is 1.01.